The number of rotatable bonds is 4. The minimum Gasteiger partial charge on any atom is -0.370 e. The Morgan fingerprint density at radius 3 is 2.92 bits per heavy atom. The van der Waals surface area contributed by atoms with Crippen LogP contribution in [0.25, 0.3) is 5.65 Å². The number of carbonyl (C=O) groups is 1. The van der Waals surface area contributed by atoms with Crippen LogP contribution in [0.15, 0.2) is 18.3 Å². The Balaban J connectivity index is 1.44. The van der Waals surface area contributed by atoms with Crippen molar-refractivity contribution in [1.82, 2.24) is 19.9 Å². The standard InChI is InChI=1S/C19H27N5O2/c1-3-15-12-18(24-17(22-15)5-9-21-24)23-10-7-19(8-11-23)6-4-16(26-19)13-20-14(2)25/h5,9,12,16H,3-4,6-8,10-11,13H2,1-2H3,(H,20,25)/t16-/m1/s1. The topological polar surface area (TPSA) is 71.8 Å². The lowest BCUT2D eigenvalue weighted by atomic mass is 9.88. The molecule has 140 valence electrons. The van der Waals surface area contributed by atoms with E-state index in [9.17, 15) is 4.79 Å². The lowest BCUT2D eigenvalue weighted by Crippen LogP contribution is -2.45. The van der Waals surface area contributed by atoms with Crippen molar-refractivity contribution >= 4 is 17.4 Å². The van der Waals surface area contributed by atoms with Gasteiger partial charge < -0.3 is 15.0 Å². The third-order valence-corrected chi connectivity index (χ3v) is 5.67. The molecule has 2 fully saturated rings. The van der Waals surface area contributed by atoms with E-state index in [0.29, 0.717) is 6.54 Å². The summed E-state index contributed by atoms with van der Waals surface area (Å²) < 4.78 is 8.30. The van der Waals surface area contributed by atoms with Gasteiger partial charge in [0.1, 0.15) is 5.82 Å². The first-order valence-electron chi connectivity index (χ1n) is 9.59. The predicted molar refractivity (Wildman–Crippen MR) is 99.3 cm³/mol. The molecule has 0 unspecified atom stereocenters. The fraction of sp³-hybridized carbons (Fsp3) is 0.632. The molecule has 0 aromatic carbocycles. The second kappa shape index (κ2) is 6.87. The van der Waals surface area contributed by atoms with Crippen molar-refractivity contribution in [2.24, 2.45) is 0 Å². The van der Waals surface area contributed by atoms with Crippen LogP contribution in [-0.2, 0) is 16.0 Å². The molecule has 2 aliphatic heterocycles. The van der Waals surface area contributed by atoms with Crippen LogP contribution in [-0.4, -0.2) is 51.8 Å². The first-order chi connectivity index (χ1) is 12.6. The van der Waals surface area contributed by atoms with Gasteiger partial charge in [-0.1, -0.05) is 6.92 Å². The number of amides is 1. The zero-order valence-electron chi connectivity index (χ0n) is 15.6. The van der Waals surface area contributed by atoms with Gasteiger partial charge in [-0.15, -0.1) is 0 Å². The van der Waals surface area contributed by atoms with Gasteiger partial charge in [-0.3, -0.25) is 4.79 Å². The average Bonchev–Trinajstić information content (AvgIpc) is 3.27. The van der Waals surface area contributed by atoms with Crippen molar-refractivity contribution in [3.05, 3.63) is 24.0 Å². The van der Waals surface area contributed by atoms with E-state index in [0.717, 1.165) is 62.4 Å². The third kappa shape index (κ3) is 3.28. The van der Waals surface area contributed by atoms with Gasteiger partial charge in [0.15, 0.2) is 5.65 Å². The van der Waals surface area contributed by atoms with E-state index in [1.807, 2.05) is 16.8 Å². The van der Waals surface area contributed by atoms with Crippen LogP contribution in [0.4, 0.5) is 5.82 Å². The summed E-state index contributed by atoms with van der Waals surface area (Å²) >= 11 is 0. The van der Waals surface area contributed by atoms with Gasteiger partial charge in [0.25, 0.3) is 0 Å². The number of nitrogens with zero attached hydrogens (tertiary/aromatic N) is 4. The predicted octanol–water partition coefficient (Wildman–Crippen LogP) is 1.95. The summed E-state index contributed by atoms with van der Waals surface area (Å²) in [6.45, 7) is 6.22. The zero-order chi connectivity index (χ0) is 18.1. The van der Waals surface area contributed by atoms with E-state index in [-0.39, 0.29) is 17.6 Å². The van der Waals surface area contributed by atoms with Crippen LogP contribution in [0, 0.1) is 0 Å². The summed E-state index contributed by atoms with van der Waals surface area (Å²) in [5, 5.41) is 7.33. The molecular formula is C19H27N5O2. The Bertz CT molecular complexity index is 794. The highest BCUT2D eigenvalue weighted by Gasteiger charge is 2.42. The molecule has 0 bridgehead atoms. The van der Waals surface area contributed by atoms with E-state index in [4.69, 9.17) is 4.74 Å². The fourth-order valence-corrected chi connectivity index (χ4v) is 4.16. The minimum atomic E-state index is -0.0243. The molecule has 4 heterocycles. The highest BCUT2D eigenvalue weighted by Crippen LogP contribution is 2.39. The molecule has 2 aromatic heterocycles. The lowest BCUT2D eigenvalue weighted by molar-refractivity contribution is -0.120. The van der Waals surface area contributed by atoms with Gasteiger partial charge >= 0.3 is 0 Å². The monoisotopic (exact) mass is 357 g/mol. The molecule has 0 saturated carbocycles. The van der Waals surface area contributed by atoms with Gasteiger partial charge in [0, 0.05) is 44.4 Å². The van der Waals surface area contributed by atoms with Crippen molar-refractivity contribution < 1.29 is 9.53 Å². The first-order valence-corrected chi connectivity index (χ1v) is 9.59. The number of aromatic nitrogens is 3. The molecule has 0 aliphatic carbocycles. The summed E-state index contributed by atoms with van der Waals surface area (Å²) in [5.74, 6) is 1.14. The van der Waals surface area contributed by atoms with Crippen LogP contribution in [0.1, 0.15) is 45.2 Å². The minimum absolute atomic E-state index is 0.0111. The van der Waals surface area contributed by atoms with Crippen LogP contribution in [0.3, 0.4) is 0 Å². The maximum Gasteiger partial charge on any atom is 0.216 e. The maximum atomic E-state index is 11.1. The highest BCUT2D eigenvalue weighted by atomic mass is 16.5. The van der Waals surface area contributed by atoms with Crippen LogP contribution in [0.5, 0.6) is 0 Å². The largest absolute Gasteiger partial charge is 0.370 e. The summed E-state index contributed by atoms with van der Waals surface area (Å²) in [6.07, 6.45) is 7.00. The van der Waals surface area contributed by atoms with Crippen molar-refractivity contribution in [2.75, 3.05) is 24.5 Å². The number of aryl methyl sites for hydroxylation is 1. The molecule has 2 saturated heterocycles. The number of carbonyl (C=O) groups excluding carboxylic acids is 1. The Kier molecular flexibility index (Phi) is 4.56. The SMILES string of the molecule is CCc1cc(N2CCC3(CC[C@H](CNC(C)=O)O3)CC2)n2nccc2n1. The average molecular weight is 357 g/mol. The second-order valence-electron chi connectivity index (χ2n) is 7.45. The summed E-state index contributed by atoms with van der Waals surface area (Å²) in [7, 11) is 0. The molecule has 2 aromatic rings. The number of fused-ring (bicyclic) bond motifs is 1. The molecule has 2 aliphatic rings. The third-order valence-electron chi connectivity index (χ3n) is 5.67. The molecule has 7 nitrogen and oxygen atoms in total. The smallest absolute Gasteiger partial charge is 0.216 e. The van der Waals surface area contributed by atoms with E-state index in [1.54, 1.807) is 6.92 Å². The first kappa shape index (κ1) is 17.3. The molecule has 1 N–H and O–H groups in total. The quantitative estimate of drug-likeness (QED) is 0.905. The molecule has 4 rings (SSSR count). The normalized spacial score (nSPS) is 22.2. The van der Waals surface area contributed by atoms with Crippen molar-refractivity contribution in [3.8, 4) is 0 Å². The lowest BCUT2D eigenvalue weighted by Gasteiger charge is -2.40. The highest BCUT2D eigenvalue weighted by molar-refractivity contribution is 5.72. The number of hydrogen-bond donors (Lipinski definition) is 1. The number of anilines is 1. The molecular weight excluding hydrogens is 330 g/mol. The van der Waals surface area contributed by atoms with Gasteiger partial charge in [-0.25, -0.2) is 4.98 Å². The van der Waals surface area contributed by atoms with Gasteiger partial charge in [-0.05, 0) is 32.1 Å². The maximum absolute atomic E-state index is 11.1. The Morgan fingerprint density at radius 1 is 1.38 bits per heavy atom. The van der Waals surface area contributed by atoms with Crippen LogP contribution >= 0.6 is 0 Å². The second-order valence-corrected chi connectivity index (χ2v) is 7.45. The van der Waals surface area contributed by atoms with Crippen molar-refractivity contribution in [2.45, 2.75) is 57.7 Å². The van der Waals surface area contributed by atoms with Crippen LogP contribution < -0.4 is 10.2 Å². The fourth-order valence-electron chi connectivity index (χ4n) is 4.16. The number of piperidine rings is 1. The van der Waals surface area contributed by atoms with Gasteiger partial charge in [0.2, 0.25) is 5.91 Å². The Morgan fingerprint density at radius 2 is 2.19 bits per heavy atom. The summed E-state index contributed by atoms with van der Waals surface area (Å²) in [5.41, 5.74) is 1.98. The van der Waals surface area contributed by atoms with E-state index in [1.165, 1.54) is 0 Å². The molecule has 7 heteroatoms. The number of ether oxygens (including phenoxy) is 1. The Labute approximate surface area is 153 Å². The van der Waals surface area contributed by atoms with Gasteiger partial charge in [-0.2, -0.15) is 9.61 Å². The summed E-state index contributed by atoms with van der Waals surface area (Å²) in [6, 6.07) is 4.12. The van der Waals surface area contributed by atoms with E-state index in [2.05, 4.69) is 33.3 Å². The van der Waals surface area contributed by atoms with Crippen LogP contribution in [0.2, 0.25) is 0 Å². The van der Waals surface area contributed by atoms with E-state index < -0.39 is 0 Å². The van der Waals surface area contributed by atoms with Gasteiger partial charge in [0.05, 0.1) is 17.9 Å². The molecule has 1 spiro atoms. The van der Waals surface area contributed by atoms with E-state index >= 15 is 0 Å². The molecule has 1 amide bonds. The van der Waals surface area contributed by atoms with Crippen molar-refractivity contribution in [3.63, 3.8) is 0 Å². The summed E-state index contributed by atoms with van der Waals surface area (Å²) in [4.78, 5) is 18.2. The Hall–Kier alpha value is -2.15. The molecule has 1 atom stereocenters. The molecule has 0 radical (unpaired) electrons. The number of nitrogens with one attached hydrogen (secondary N) is 1. The zero-order valence-corrected chi connectivity index (χ0v) is 15.6. The van der Waals surface area contributed by atoms with Crippen molar-refractivity contribution in [1.29, 1.82) is 0 Å². The number of hydrogen-bond acceptors (Lipinski definition) is 5. The molecule has 26 heavy (non-hydrogen) atoms.